The van der Waals surface area contributed by atoms with Gasteiger partial charge in [0.05, 0.1) is 6.61 Å². The first-order valence-corrected chi connectivity index (χ1v) is 8.77. The highest BCUT2D eigenvalue weighted by atomic mass is 35.5. The lowest BCUT2D eigenvalue weighted by molar-refractivity contribution is 0.0517. The fraction of sp³-hybridized carbons (Fsp3) is 0.190. The molecule has 2 aromatic carbocycles. The van der Waals surface area contributed by atoms with Gasteiger partial charge in [-0.15, -0.1) is 0 Å². The number of halogens is 1. The van der Waals surface area contributed by atoms with Crippen LogP contribution >= 0.6 is 11.6 Å². The Bertz CT molecular complexity index is 957. The van der Waals surface area contributed by atoms with Crippen molar-refractivity contribution in [1.29, 1.82) is 0 Å². The molecule has 1 aromatic heterocycles. The van der Waals surface area contributed by atoms with E-state index in [1.54, 1.807) is 0 Å². The van der Waals surface area contributed by atoms with E-state index in [0.29, 0.717) is 17.3 Å². The Morgan fingerprint density at radius 3 is 2.60 bits per heavy atom. The summed E-state index contributed by atoms with van der Waals surface area (Å²) in [6, 6.07) is 17.9. The minimum atomic E-state index is -0.298. The van der Waals surface area contributed by atoms with Crippen molar-refractivity contribution in [2.45, 2.75) is 19.8 Å². The summed E-state index contributed by atoms with van der Waals surface area (Å²) in [6.07, 6.45) is 0. The Kier molecular flexibility index (Phi) is 3.89. The number of aromatic nitrogens is 1. The molecule has 4 rings (SSSR count). The number of hydrogen-bond donors (Lipinski definition) is 0. The molecule has 126 valence electrons. The van der Waals surface area contributed by atoms with Crippen LogP contribution in [0.15, 0.2) is 54.6 Å². The highest BCUT2D eigenvalue weighted by molar-refractivity contribution is 6.30. The molecule has 0 bridgehead atoms. The molecule has 0 N–H and O–H groups in total. The Balaban J connectivity index is 1.97. The second-order valence-electron chi connectivity index (χ2n) is 6.17. The van der Waals surface area contributed by atoms with Crippen molar-refractivity contribution in [3.8, 4) is 16.8 Å². The molecule has 4 heteroatoms. The summed E-state index contributed by atoms with van der Waals surface area (Å²) in [5, 5.41) is 0.696. The maximum Gasteiger partial charge on any atom is 0.355 e. The first kappa shape index (κ1) is 16.0. The van der Waals surface area contributed by atoms with Gasteiger partial charge in [0.2, 0.25) is 0 Å². The van der Waals surface area contributed by atoms with Gasteiger partial charge >= 0.3 is 5.97 Å². The van der Waals surface area contributed by atoms with E-state index < -0.39 is 0 Å². The molecule has 2 heterocycles. The smallest absolute Gasteiger partial charge is 0.355 e. The topological polar surface area (TPSA) is 31.2 Å². The molecular formula is C21H18ClNO2. The van der Waals surface area contributed by atoms with Crippen molar-refractivity contribution in [2.24, 2.45) is 0 Å². The summed E-state index contributed by atoms with van der Waals surface area (Å²) in [6.45, 7) is 4.35. The van der Waals surface area contributed by atoms with Crippen molar-refractivity contribution in [3.63, 3.8) is 0 Å². The largest absolute Gasteiger partial charge is 0.461 e. The Labute approximate surface area is 151 Å². The summed E-state index contributed by atoms with van der Waals surface area (Å²) in [7, 11) is 0. The minimum absolute atomic E-state index is 0.199. The quantitative estimate of drug-likeness (QED) is 0.588. The number of ether oxygens (including phenoxy) is 1. The number of carbonyl (C=O) groups is 1. The molecule has 3 aromatic rings. The van der Waals surface area contributed by atoms with E-state index in [1.807, 2.05) is 54.0 Å². The van der Waals surface area contributed by atoms with Gasteiger partial charge in [-0.25, -0.2) is 4.79 Å². The number of carbonyl (C=O) groups excluding carboxylic acids is 1. The third-order valence-electron chi connectivity index (χ3n) is 4.73. The van der Waals surface area contributed by atoms with Crippen LogP contribution in [0, 0.1) is 0 Å². The van der Waals surface area contributed by atoms with E-state index in [0.717, 1.165) is 22.5 Å². The molecular weight excluding hydrogens is 334 g/mol. The van der Waals surface area contributed by atoms with E-state index in [2.05, 4.69) is 19.1 Å². The van der Waals surface area contributed by atoms with Crippen molar-refractivity contribution in [2.75, 3.05) is 6.61 Å². The zero-order chi connectivity index (χ0) is 17.6. The number of esters is 1. The molecule has 0 fully saturated rings. The lowest BCUT2D eigenvalue weighted by Crippen LogP contribution is -2.10. The van der Waals surface area contributed by atoms with Crippen LogP contribution < -0.4 is 0 Å². The van der Waals surface area contributed by atoms with Crippen molar-refractivity contribution in [3.05, 3.63) is 76.6 Å². The first-order valence-electron chi connectivity index (χ1n) is 8.39. The fourth-order valence-electron chi connectivity index (χ4n) is 3.63. The third kappa shape index (κ3) is 2.47. The molecule has 0 aliphatic carbocycles. The lowest BCUT2D eigenvalue weighted by atomic mass is 9.94. The van der Waals surface area contributed by atoms with Crippen LogP contribution in [-0.4, -0.2) is 17.1 Å². The van der Waals surface area contributed by atoms with E-state index in [9.17, 15) is 4.79 Å². The molecule has 1 aliphatic rings. The zero-order valence-electron chi connectivity index (χ0n) is 14.1. The fourth-order valence-corrected chi connectivity index (χ4v) is 3.76. The summed E-state index contributed by atoms with van der Waals surface area (Å²) < 4.78 is 7.33. The number of rotatable bonds is 3. The lowest BCUT2D eigenvalue weighted by Gasteiger charge is -2.08. The molecule has 0 spiro atoms. The van der Waals surface area contributed by atoms with Crippen molar-refractivity contribution in [1.82, 2.24) is 4.57 Å². The highest BCUT2D eigenvalue weighted by Gasteiger charge is 2.33. The van der Waals surface area contributed by atoms with Gasteiger partial charge in [-0.3, -0.25) is 0 Å². The van der Waals surface area contributed by atoms with Gasteiger partial charge in [-0.05, 0) is 42.3 Å². The molecule has 3 nitrogen and oxygen atoms in total. The van der Waals surface area contributed by atoms with Crippen molar-refractivity contribution >= 4 is 17.6 Å². The minimum Gasteiger partial charge on any atom is -0.461 e. The predicted octanol–water partition coefficient (Wildman–Crippen LogP) is 5.44. The maximum absolute atomic E-state index is 12.6. The van der Waals surface area contributed by atoms with Crippen LogP contribution in [-0.2, 0) is 4.74 Å². The number of benzene rings is 2. The standard InChI is InChI=1S/C21H18ClNO2/c1-3-25-21(24)19-12-17(14-8-10-15(22)11-9-14)20-13(2)16-6-4-5-7-18(16)23(19)20/h4-13H,3H2,1-2H3. The highest BCUT2D eigenvalue weighted by Crippen LogP contribution is 2.45. The van der Waals surface area contributed by atoms with Crippen LogP contribution in [0.1, 0.15) is 41.5 Å². The Morgan fingerprint density at radius 1 is 1.16 bits per heavy atom. The van der Waals surface area contributed by atoms with Gasteiger partial charge in [0.15, 0.2) is 0 Å². The number of para-hydroxylation sites is 1. The second-order valence-corrected chi connectivity index (χ2v) is 6.61. The molecule has 0 amide bonds. The number of fused-ring (bicyclic) bond motifs is 3. The summed E-state index contributed by atoms with van der Waals surface area (Å²) in [5.41, 5.74) is 6.05. The molecule has 1 atom stereocenters. The molecule has 0 radical (unpaired) electrons. The molecule has 25 heavy (non-hydrogen) atoms. The van der Waals surface area contributed by atoms with Crippen molar-refractivity contribution < 1.29 is 9.53 Å². The maximum atomic E-state index is 12.6. The van der Waals surface area contributed by atoms with Gasteiger partial charge < -0.3 is 9.30 Å². The summed E-state index contributed by atoms with van der Waals surface area (Å²) in [4.78, 5) is 12.6. The number of nitrogens with zero attached hydrogens (tertiary/aromatic N) is 1. The van der Waals surface area contributed by atoms with Crippen LogP contribution in [0.5, 0.6) is 0 Å². The molecule has 1 aliphatic heterocycles. The SMILES string of the molecule is CCOC(=O)c1cc(-c2ccc(Cl)cc2)c2n1-c1ccccc1C2C. The average Bonchev–Trinajstić information content (AvgIpc) is 3.14. The van der Waals surface area contributed by atoms with Crippen LogP contribution in [0.3, 0.4) is 0 Å². The van der Waals surface area contributed by atoms with Gasteiger partial charge in [0.1, 0.15) is 5.69 Å². The normalized spacial score (nSPS) is 14.9. The van der Waals surface area contributed by atoms with Gasteiger partial charge in [-0.1, -0.05) is 48.9 Å². The predicted molar refractivity (Wildman–Crippen MR) is 99.7 cm³/mol. The van der Waals surface area contributed by atoms with Crippen LogP contribution in [0.25, 0.3) is 16.8 Å². The molecule has 1 unspecified atom stereocenters. The Morgan fingerprint density at radius 2 is 1.88 bits per heavy atom. The monoisotopic (exact) mass is 351 g/mol. The van der Waals surface area contributed by atoms with Crippen LogP contribution in [0.4, 0.5) is 0 Å². The molecule has 0 saturated heterocycles. The second kappa shape index (κ2) is 6.08. The van der Waals surface area contributed by atoms with Gasteiger partial charge in [0.25, 0.3) is 0 Å². The van der Waals surface area contributed by atoms with E-state index in [1.165, 1.54) is 5.56 Å². The Hall–Kier alpha value is -2.52. The van der Waals surface area contributed by atoms with E-state index >= 15 is 0 Å². The first-order chi connectivity index (χ1) is 12.1. The van der Waals surface area contributed by atoms with Gasteiger partial charge in [0, 0.05) is 27.9 Å². The third-order valence-corrected chi connectivity index (χ3v) is 4.98. The molecule has 0 saturated carbocycles. The zero-order valence-corrected chi connectivity index (χ0v) is 14.9. The van der Waals surface area contributed by atoms with E-state index in [-0.39, 0.29) is 11.9 Å². The summed E-state index contributed by atoms with van der Waals surface area (Å²) >= 11 is 6.04. The summed E-state index contributed by atoms with van der Waals surface area (Å²) in [5.74, 6) is -0.0991. The van der Waals surface area contributed by atoms with E-state index in [4.69, 9.17) is 16.3 Å². The van der Waals surface area contributed by atoms with Gasteiger partial charge in [-0.2, -0.15) is 0 Å². The average molecular weight is 352 g/mol. The number of hydrogen-bond acceptors (Lipinski definition) is 2. The van der Waals surface area contributed by atoms with Crippen LogP contribution in [0.2, 0.25) is 5.02 Å².